The van der Waals surface area contributed by atoms with E-state index in [1.807, 2.05) is 43.3 Å². The topological polar surface area (TPSA) is 80.0 Å². The van der Waals surface area contributed by atoms with Crippen LogP contribution in [0.25, 0.3) is 32.6 Å². The molecule has 0 aliphatic carbocycles. The fraction of sp³-hybridized carbons (Fsp3) is 0.136. The maximum Gasteiger partial charge on any atom is 0.497 e. The number of aromatic nitrogens is 3. The molecule has 2 amide bonds. The van der Waals surface area contributed by atoms with E-state index in [-0.39, 0.29) is 6.03 Å². The number of carbonyl (C=O) groups excluding carboxylic acids is 1. The van der Waals surface area contributed by atoms with Crippen molar-refractivity contribution in [3.63, 3.8) is 0 Å². The van der Waals surface area contributed by atoms with Crippen molar-refractivity contribution >= 4 is 39.4 Å². The Morgan fingerprint density at radius 2 is 2.03 bits per heavy atom. The highest BCUT2D eigenvalue weighted by Crippen LogP contribution is 2.38. The van der Waals surface area contributed by atoms with E-state index in [4.69, 9.17) is 4.74 Å². The Morgan fingerprint density at radius 1 is 1.17 bits per heavy atom. The van der Waals surface area contributed by atoms with Crippen molar-refractivity contribution in [3.8, 4) is 28.3 Å². The van der Waals surface area contributed by atoms with Crippen LogP contribution < -0.4 is 10.1 Å². The van der Waals surface area contributed by atoms with Crippen LogP contribution in [0.5, 0.6) is 5.88 Å². The first-order valence-corrected chi connectivity index (χ1v) is 10.2. The highest BCUT2D eigenvalue weighted by molar-refractivity contribution is 7.22. The zero-order valence-corrected chi connectivity index (χ0v) is 17.4. The molecule has 4 aromatic rings. The van der Waals surface area contributed by atoms with Crippen LogP contribution in [0.1, 0.15) is 6.92 Å². The summed E-state index contributed by atoms with van der Waals surface area (Å²) >= 11 is 1.41. The summed E-state index contributed by atoms with van der Waals surface area (Å²) in [5, 5.41) is 3.33. The van der Waals surface area contributed by atoms with Gasteiger partial charge in [0.2, 0.25) is 5.88 Å². The Balaban J connectivity index is 1.86. The van der Waals surface area contributed by atoms with Crippen LogP contribution in [0, 0.1) is 0 Å². The number of benzene rings is 1. The van der Waals surface area contributed by atoms with E-state index in [0.717, 1.165) is 32.6 Å². The zero-order valence-electron chi connectivity index (χ0n) is 16.6. The van der Waals surface area contributed by atoms with Gasteiger partial charge in [0.1, 0.15) is 0 Å². The van der Waals surface area contributed by atoms with Crippen LogP contribution in [0.2, 0.25) is 0 Å². The highest BCUT2D eigenvalue weighted by atomic mass is 32.1. The highest BCUT2D eigenvalue weighted by Gasteiger charge is 2.19. The van der Waals surface area contributed by atoms with Gasteiger partial charge in [0, 0.05) is 24.0 Å². The second-order valence-electron chi connectivity index (χ2n) is 6.48. The lowest BCUT2D eigenvalue weighted by atomic mass is 10.0. The Bertz CT molecular complexity index is 1240. The SMILES string of the molecule is C=[N+](CC)C(=O)Nc1nc2cc(-c3ccnc(OC)c3)cc(-c3ccccn3)c2s1. The summed E-state index contributed by atoms with van der Waals surface area (Å²) in [5.74, 6) is 0.535. The van der Waals surface area contributed by atoms with Crippen LogP contribution in [0.3, 0.4) is 0 Å². The largest absolute Gasteiger partial charge is 0.497 e. The number of carbonyl (C=O) groups is 1. The molecule has 0 atom stereocenters. The van der Waals surface area contributed by atoms with Crippen molar-refractivity contribution in [3.05, 3.63) is 54.9 Å². The standard InChI is InChI=1S/C22H19N5O2S/c1-4-27(2)22(28)26-21-25-18-12-15(14-8-10-24-19(13-14)29-3)11-16(20(18)30-21)17-7-5-6-9-23-17/h5-13H,2,4H2,1,3H3/p+1. The first-order valence-electron chi connectivity index (χ1n) is 9.34. The summed E-state index contributed by atoms with van der Waals surface area (Å²) in [5.41, 5.74) is 4.46. The summed E-state index contributed by atoms with van der Waals surface area (Å²) < 4.78 is 7.56. The Kier molecular flexibility index (Phi) is 5.49. The molecule has 0 saturated carbocycles. The van der Waals surface area contributed by atoms with Crippen LogP contribution in [0.4, 0.5) is 9.93 Å². The fourth-order valence-corrected chi connectivity index (χ4v) is 3.94. The second kappa shape index (κ2) is 8.38. The number of hydrogen-bond donors (Lipinski definition) is 1. The maximum absolute atomic E-state index is 12.2. The number of amides is 2. The minimum Gasteiger partial charge on any atom is -0.481 e. The van der Waals surface area contributed by atoms with Crippen molar-refractivity contribution in [1.82, 2.24) is 15.0 Å². The van der Waals surface area contributed by atoms with Crippen LogP contribution in [0.15, 0.2) is 54.9 Å². The van der Waals surface area contributed by atoms with Crippen molar-refractivity contribution < 1.29 is 14.1 Å². The molecule has 3 heterocycles. The monoisotopic (exact) mass is 418 g/mol. The number of fused-ring (bicyclic) bond motifs is 1. The number of methoxy groups -OCH3 is 1. The predicted octanol–water partition coefficient (Wildman–Crippen LogP) is 4.69. The predicted molar refractivity (Wildman–Crippen MR) is 120 cm³/mol. The number of nitrogens with one attached hydrogen (secondary N) is 1. The molecule has 0 saturated heterocycles. The number of thiazole rings is 1. The van der Waals surface area contributed by atoms with Gasteiger partial charge < -0.3 is 4.74 Å². The molecule has 7 nitrogen and oxygen atoms in total. The lowest BCUT2D eigenvalue weighted by Gasteiger charge is -2.08. The van der Waals surface area contributed by atoms with Gasteiger partial charge in [-0.05, 0) is 48.4 Å². The Labute approximate surface area is 177 Å². The average molecular weight is 419 g/mol. The lowest BCUT2D eigenvalue weighted by molar-refractivity contribution is -0.409. The quantitative estimate of drug-likeness (QED) is 0.376. The second-order valence-corrected chi connectivity index (χ2v) is 7.48. The van der Waals surface area contributed by atoms with Crippen molar-refractivity contribution in [2.24, 2.45) is 0 Å². The molecule has 4 rings (SSSR count). The normalized spacial score (nSPS) is 10.7. The molecule has 0 radical (unpaired) electrons. The molecule has 3 aromatic heterocycles. The third-order valence-electron chi connectivity index (χ3n) is 4.59. The third-order valence-corrected chi connectivity index (χ3v) is 5.61. The lowest BCUT2D eigenvalue weighted by Crippen LogP contribution is -2.24. The van der Waals surface area contributed by atoms with Crippen LogP contribution in [-0.4, -0.2) is 45.9 Å². The molecule has 0 aliphatic heterocycles. The number of urea groups is 1. The van der Waals surface area contributed by atoms with Gasteiger partial charge in [-0.15, -0.1) is 0 Å². The van der Waals surface area contributed by atoms with Gasteiger partial charge >= 0.3 is 6.03 Å². The Hall–Kier alpha value is -3.65. The van der Waals surface area contributed by atoms with Gasteiger partial charge in [-0.1, -0.05) is 17.4 Å². The van der Waals surface area contributed by atoms with Crippen LogP contribution >= 0.6 is 11.3 Å². The number of anilines is 1. The van der Waals surface area contributed by atoms with E-state index in [1.165, 1.54) is 15.9 Å². The molecule has 0 fully saturated rings. The van der Waals surface area contributed by atoms with Gasteiger partial charge in [0.15, 0.2) is 0 Å². The van der Waals surface area contributed by atoms with Gasteiger partial charge in [0.25, 0.3) is 5.13 Å². The van der Waals surface area contributed by atoms with E-state index < -0.39 is 0 Å². The third kappa shape index (κ3) is 3.90. The summed E-state index contributed by atoms with van der Waals surface area (Å²) in [4.78, 5) is 25.6. The molecule has 150 valence electrons. The number of hydrogen-bond acceptors (Lipinski definition) is 6. The van der Waals surface area contributed by atoms with Gasteiger partial charge in [-0.3, -0.25) is 4.98 Å². The molecule has 0 bridgehead atoms. The van der Waals surface area contributed by atoms with Gasteiger partial charge in [-0.2, -0.15) is 15.1 Å². The summed E-state index contributed by atoms with van der Waals surface area (Å²) in [6.07, 6.45) is 3.47. The maximum atomic E-state index is 12.2. The molecule has 0 unspecified atom stereocenters. The van der Waals surface area contributed by atoms with Crippen molar-refractivity contribution in [1.29, 1.82) is 0 Å². The Morgan fingerprint density at radius 3 is 2.77 bits per heavy atom. The molecule has 1 aromatic carbocycles. The van der Waals surface area contributed by atoms with E-state index in [0.29, 0.717) is 17.6 Å². The molecule has 0 spiro atoms. The number of rotatable bonds is 5. The molecule has 0 aliphatic rings. The molecule has 30 heavy (non-hydrogen) atoms. The first-order chi connectivity index (χ1) is 14.6. The van der Waals surface area contributed by atoms with Crippen LogP contribution in [-0.2, 0) is 0 Å². The smallest absolute Gasteiger partial charge is 0.481 e. The number of pyridine rings is 2. The minimum absolute atomic E-state index is 0.296. The van der Waals surface area contributed by atoms with E-state index >= 15 is 0 Å². The molecular weight excluding hydrogens is 398 g/mol. The fourth-order valence-electron chi connectivity index (χ4n) is 2.98. The average Bonchev–Trinajstić information content (AvgIpc) is 3.20. The van der Waals surface area contributed by atoms with Crippen molar-refractivity contribution in [2.45, 2.75) is 6.92 Å². The number of ether oxygens (including phenoxy) is 1. The molecular formula is C22H20N5O2S+. The number of nitrogens with zero attached hydrogens (tertiary/aromatic N) is 4. The summed E-state index contributed by atoms with van der Waals surface area (Å²) in [6.45, 7) is 6.08. The first kappa shape index (κ1) is 19.7. The van der Waals surface area contributed by atoms with Gasteiger partial charge in [-0.25, -0.2) is 9.56 Å². The van der Waals surface area contributed by atoms with E-state index in [9.17, 15) is 4.79 Å². The molecule has 1 N–H and O–H groups in total. The molecule has 8 heteroatoms. The van der Waals surface area contributed by atoms with Gasteiger partial charge in [0.05, 0.1) is 36.3 Å². The zero-order chi connectivity index (χ0) is 21.1. The summed E-state index contributed by atoms with van der Waals surface area (Å²) in [6, 6.07) is 13.3. The summed E-state index contributed by atoms with van der Waals surface area (Å²) in [7, 11) is 1.59. The van der Waals surface area contributed by atoms with E-state index in [2.05, 4.69) is 33.1 Å². The van der Waals surface area contributed by atoms with Crippen molar-refractivity contribution in [2.75, 3.05) is 19.0 Å². The van der Waals surface area contributed by atoms with E-state index in [1.54, 1.807) is 19.5 Å². The minimum atomic E-state index is -0.296.